The van der Waals surface area contributed by atoms with Crippen molar-refractivity contribution in [1.29, 1.82) is 0 Å². The molecule has 33 heavy (non-hydrogen) atoms. The van der Waals surface area contributed by atoms with Gasteiger partial charge in [-0.15, -0.1) is 0 Å². The first-order valence-corrected chi connectivity index (χ1v) is 7.69. The summed E-state index contributed by atoms with van der Waals surface area (Å²) in [6, 6.07) is 0.107. The first-order valence-electron chi connectivity index (χ1n) is 7.69. The number of benzene rings is 2. The molecule has 2 aromatic rings. The summed E-state index contributed by atoms with van der Waals surface area (Å²) in [5.41, 5.74) is -14.7. The maximum Gasteiger partial charge on any atom is 0.349 e. The Balaban J connectivity index is 3.39. The number of hydrogen-bond acceptors (Lipinski definition) is 13. The molecule has 0 saturated carbocycles. The molecule has 0 aliphatic carbocycles. The van der Waals surface area contributed by atoms with Crippen LogP contribution >= 0.6 is 0 Å². The van der Waals surface area contributed by atoms with Gasteiger partial charge in [-0.2, -0.15) is 0 Å². The third-order valence-electron chi connectivity index (χ3n) is 3.98. The van der Waals surface area contributed by atoms with Crippen LogP contribution in [0.5, 0.6) is 0 Å². The summed E-state index contributed by atoms with van der Waals surface area (Å²) in [4.78, 5) is 70.9. The molecule has 20 nitrogen and oxygen atoms in total. The number of aromatic carboxylic acids is 1. The summed E-state index contributed by atoms with van der Waals surface area (Å²) >= 11 is 0. The first kappa shape index (κ1) is 23.6. The van der Waals surface area contributed by atoms with E-state index in [0.29, 0.717) is 0 Å². The highest BCUT2D eigenvalue weighted by atomic mass is 16.6. The molecule has 0 amide bonds. The van der Waals surface area contributed by atoms with Crippen LogP contribution in [0.2, 0.25) is 0 Å². The molecule has 0 radical (unpaired) electrons. The smallest absolute Gasteiger partial charge is 0.349 e. The average molecular weight is 468 g/mol. The van der Waals surface area contributed by atoms with Crippen molar-refractivity contribution in [3.05, 3.63) is 84.4 Å². The van der Waals surface area contributed by atoms with E-state index >= 15 is 0 Å². The van der Waals surface area contributed by atoms with E-state index in [4.69, 9.17) is 0 Å². The lowest BCUT2D eigenvalue weighted by Crippen LogP contribution is -2.11. The van der Waals surface area contributed by atoms with Gasteiger partial charge in [-0.25, -0.2) is 4.79 Å². The molecular formula is C13H4N6O14. The number of carboxylic acid groups (broad SMARTS) is 1. The Bertz CT molecular complexity index is 1280. The van der Waals surface area contributed by atoms with Crippen LogP contribution in [-0.2, 0) is 0 Å². The lowest BCUT2D eigenvalue weighted by atomic mass is 9.93. The number of nitro benzene ring substituents is 6. The zero-order valence-electron chi connectivity index (χ0n) is 15.2. The van der Waals surface area contributed by atoms with E-state index in [1.54, 1.807) is 0 Å². The van der Waals surface area contributed by atoms with Crippen LogP contribution in [0.3, 0.4) is 0 Å². The van der Waals surface area contributed by atoms with Gasteiger partial charge in [0.1, 0.15) is 0 Å². The van der Waals surface area contributed by atoms with Gasteiger partial charge in [0.15, 0.2) is 11.1 Å². The molecule has 0 aliphatic heterocycles. The molecule has 0 fully saturated rings. The minimum absolute atomic E-state index is 0.0827. The normalized spacial score (nSPS) is 10.3. The Morgan fingerprint density at radius 3 is 1.27 bits per heavy atom. The van der Waals surface area contributed by atoms with Gasteiger partial charge >= 0.3 is 11.7 Å². The Labute approximate surface area is 176 Å². The number of nitrogens with zero attached hydrogens (tertiary/aromatic N) is 6. The van der Waals surface area contributed by atoms with Crippen LogP contribution in [0.1, 0.15) is 10.4 Å². The quantitative estimate of drug-likeness (QED) is 0.430. The Kier molecular flexibility index (Phi) is 5.87. The highest BCUT2D eigenvalue weighted by Gasteiger charge is 2.46. The van der Waals surface area contributed by atoms with E-state index < -0.39 is 86.3 Å². The molecule has 0 saturated heterocycles. The van der Waals surface area contributed by atoms with Crippen molar-refractivity contribution >= 4 is 40.1 Å². The molecule has 0 aliphatic rings. The summed E-state index contributed by atoms with van der Waals surface area (Å²) in [7, 11) is 0. The molecule has 0 aromatic heterocycles. The molecule has 170 valence electrons. The summed E-state index contributed by atoms with van der Waals surface area (Å²) < 4.78 is 0. The molecule has 2 rings (SSSR count). The topological polar surface area (TPSA) is 296 Å². The van der Waals surface area contributed by atoms with Gasteiger partial charge < -0.3 is 5.11 Å². The van der Waals surface area contributed by atoms with Crippen LogP contribution in [0, 0.1) is 60.7 Å². The van der Waals surface area contributed by atoms with E-state index in [1.807, 2.05) is 0 Å². The first-order chi connectivity index (χ1) is 15.2. The minimum Gasteiger partial charge on any atom is -0.477 e. The van der Waals surface area contributed by atoms with Crippen molar-refractivity contribution in [2.24, 2.45) is 0 Å². The van der Waals surface area contributed by atoms with E-state index in [1.165, 1.54) is 0 Å². The Morgan fingerprint density at radius 1 is 0.576 bits per heavy atom. The molecule has 0 heterocycles. The number of rotatable bonds is 8. The molecule has 0 atom stereocenters. The van der Waals surface area contributed by atoms with Gasteiger partial charge in [0.2, 0.25) is 5.56 Å². The van der Waals surface area contributed by atoms with E-state index in [9.17, 15) is 70.6 Å². The number of hydrogen-bond donors (Lipinski definition) is 1. The van der Waals surface area contributed by atoms with Crippen LogP contribution in [0.25, 0.3) is 11.1 Å². The second kappa shape index (κ2) is 8.21. The maximum absolute atomic E-state index is 11.7. The highest BCUT2D eigenvalue weighted by Crippen LogP contribution is 2.51. The maximum atomic E-state index is 11.7. The number of carboxylic acids is 1. The third kappa shape index (κ3) is 4.00. The van der Waals surface area contributed by atoms with Crippen molar-refractivity contribution in [2.45, 2.75) is 0 Å². The van der Waals surface area contributed by atoms with E-state index in [-0.39, 0.29) is 18.2 Å². The van der Waals surface area contributed by atoms with Gasteiger partial charge in [-0.3, -0.25) is 60.7 Å². The fourth-order valence-corrected chi connectivity index (χ4v) is 2.82. The minimum atomic E-state index is -2.36. The zero-order valence-corrected chi connectivity index (χ0v) is 15.2. The van der Waals surface area contributed by atoms with Gasteiger partial charge in [0, 0.05) is 0 Å². The second-order valence-corrected chi connectivity index (χ2v) is 5.72. The fraction of sp³-hybridized carbons (Fsp3) is 0. The van der Waals surface area contributed by atoms with Crippen LogP contribution in [-0.4, -0.2) is 40.6 Å². The van der Waals surface area contributed by atoms with Crippen molar-refractivity contribution in [3.8, 4) is 11.1 Å². The standard InChI is InChI=1S/C13H4N6O14/c20-13(21)11-8(18(30)31)3-7(17(28)29)10(12(11)19(32)33)9-5(15(24)25)1-4(14(22)23)2-6(9)16(26)27/h1-3H,(H,20,21). The largest absolute Gasteiger partial charge is 0.477 e. The SMILES string of the molecule is O=C(O)c1c([N+](=O)[O-])cc([N+](=O)[O-])c(-c2c([N+](=O)[O-])cc([N+](=O)[O-])cc2[N+](=O)[O-])c1[N+](=O)[O-]. The molecule has 0 unspecified atom stereocenters. The zero-order chi connectivity index (χ0) is 25.4. The van der Waals surface area contributed by atoms with Gasteiger partial charge in [-0.1, -0.05) is 0 Å². The summed E-state index contributed by atoms with van der Waals surface area (Å²) in [5, 5.41) is 77.7. The predicted octanol–water partition coefficient (Wildman–Crippen LogP) is 2.50. The third-order valence-corrected chi connectivity index (χ3v) is 3.98. The van der Waals surface area contributed by atoms with Crippen LogP contribution < -0.4 is 0 Å². The summed E-state index contributed by atoms with van der Waals surface area (Å²) in [6.07, 6.45) is 0. The molecule has 1 N–H and O–H groups in total. The van der Waals surface area contributed by atoms with E-state index in [2.05, 4.69) is 0 Å². The molecule has 0 spiro atoms. The highest BCUT2D eigenvalue weighted by molar-refractivity contribution is 6.05. The number of carbonyl (C=O) groups is 1. The predicted molar refractivity (Wildman–Crippen MR) is 98.8 cm³/mol. The van der Waals surface area contributed by atoms with Crippen LogP contribution in [0.15, 0.2) is 18.2 Å². The lowest BCUT2D eigenvalue weighted by Gasteiger charge is -2.09. The van der Waals surface area contributed by atoms with Gasteiger partial charge in [-0.05, 0) is 0 Å². The fourth-order valence-electron chi connectivity index (χ4n) is 2.82. The molecule has 0 bridgehead atoms. The molecular weight excluding hydrogens is 464 g/mol. The molecule has 2 aromatic carbocycles. The van der Waals surface area contributed by atoms with Crippen molar-refractivity contribution in [2.75, 3.05) is 0 Å². The number of non-ortho nitro benzene ring substituents is 1. The van der Waals surface area contributed by atoms with Crippen LogP contribution in [0.4, 0.5) is 34.1 Å². The number of nitro groups is 6. The summed E-state index contributed by atoms with van der Waals surface area (Å²) in [5.74, 6) is -2.36. The monoisotopic (exact) mass is 468 g/mol. The summed E-state index contributed by atoms with van der Waals surface area (Å²) in [6.45, 7) is 0. The Morgan fingerprint density at radius 2 is 0.970 bits per heavy atom. The van der Waals surface area contributed by atoms with E-state index in [0.717, 1.165) is 0 Å². The lowest BCUT2D eigenvalue weighted by molar-refractivity contribution is -0.405. The van der Waals surface area contributed by atoms with Crippen molar-refractivity contribution in [3.63, 3.8) is 0 Å². The van der Waals surface area contributed by atoms with Gasteiger partial charge in [0.05, 0.1) is 47.7 Å². The second-order valence-electron chi connectivity index (χ2n) is 5.72. The van der Waals surface area contributed by atoms with Gasteiger partial charge in [0.25, 0.3) is 28.4 Å². The van der Waals surface area contributed by atoms with Crippen molar-refractivity contribution < 1.29 is 39.4 Å². The molecule has 20 heteroatoms. The average Bonchev–Trinajstić information content (AvgIpc) is 2.70. The van der Waals surface area contributed by atoms with Crippen molar-refractivity contribution in [1.82, 2.24) is 0 Å². The Hall–Kier alpha value is -5.69.